The topological polar surface area (TPSA) is 67.4 Å². The first-order chi connectivity index (χ1) is 25.7. The number of para-hydroxylation sites is 1. The van der Waals surface area contributed by atoms with Crippen molar-refractivity contribution in [1.29, 1.82) is 5.26 Å². The van der Waals surface area contributed by atoms with E-state index >= 15 is 0 Å². The quantitative estimate of drug-likeness (QED) is 0.181. The van der Waals surface area contributed by atoms with Gasteiger partial charge in [-0.25, -0.2) is 15.0 Å². The molecule has 10 rings (SSSR count). The highest BCUT2D eigenvalue weighted by molar-refractivity contribution is 7.26. The number of thiophene rings is 1. The minimum atomic E-state index is 0.586. The molecule has 6 heteroatoms. The Morgan fingerprint density at radius 2 is 1.06 bits per heavy atom. The Labute approximate surface area is 303 Å². The summed E-state index contributed by atoms with van der Waals surface area (Å²) < 4.78 is 4.93. The van der Waals surface area contributed by atoms with Gasteiger partial charge in [0.2, 0.25) is 0 Å². The lowest BCUT2D eigenvalue weighted by atomic mass is 9.99. The molecule has 52 heavy (non-hydrogen) atoms. The summed E-state index contributed by atoms with van der Waals surface area (Å²) >= 11 is 1.84. The Morgan fingerprint density at radius 1 is 0.481 bits per heavy atom. The van der Waals surface area contributed by atoms with Crippen LogP contribution in [0.1, 0.15) is 5.56 Å². The first kappa shape index (κ1) is 29.9. The van der Waals surface area contributed by atoms with Gasteiger partial charge in [-0.05, 0) is 48.0 Å². The van der Waals surface area contributed by atoms with E-state index in [2.05, 4.69) is 89.5 Å². The van der Waals surface area contributed by atoms with Crippen molar-refractivity contribution in [3.63, 3.8) is 0 Å². The van der Waals surface area contributed by atoms with Crippen LogP contribution >= 0.6 is 11.3 Å². The molecule has 0 saturated heterocycles. The molecule has 7 aromatic carbocycles. The van der Waals surface area contributed by atoms with Crippen LogP contribution in [0.2, 0.25) is 0 Å². The van der Waals surface area contributed by atoms with Gasteiger partial charge in [-0.1, -0.05) is 121 Å². The molecule has 0 unspecified atom stereocenters. The number of benzene rings is 7. The number of nitriles is 1. The average Bonchev–Trinajstić information content (AvgIpc) is 3.77. The normalized spacial score (nSPS) is 11.4. The first-order valence-corrected chi connectivity index (χ1v) is 17.9. The van der Waals surface area contributed by atoms with Gasteiger partial charge >= 0.3 is 0 Å². The third-order valence-corrected chi connectivity index (χ3v) is 10.9. The van der Waals surface area contributed by atoms with Crippen LogP contribution in [-0.2, 0) is 0 Å². The molecule has 5 nitrogen and oxygen atoms in total. The Morgan fingerprint density at radius 3 is 1.75 bits per heavy atom. The second-order valence-corrected chi connectivity index (χ2v) is 13.8. The predicted octanol–water partition coefficient (Wildman–Crippen LogP) is 11.9. The van der Waals surface area contributed by atoms with Gasteiger partial charge in [0.25, 0.3) is 0 Å². The SMILES string of the molecule is N#Cc1ccc(-c2cc(-c3nc(-c4ccccc4)nc(-c4ccccc4)n3)ccc2-n2c3ccccc3c3ccc4c5ccccc5sc4c32)cc1. The third-order valence-electron chi connectivity index (χ3n) is 9.70. The second kappa shape index (κ2) is 12.1. The summed E-state index contributed by atoms with van der Waals surface area (Å²) in [5.41, 5.74) is 8.66. The number of nitrogens with zero attached hydrogens (tertiary/aromatic N) is 5. The number of hydrogen-bond donors (Lipinski definition) is 0. The fourth-order valence-corrected chi connectivity index (χ4v) is 8.48. The summed E-state index contributed by atoms with van der Waals surface area (Å²) in [6.07, 6.45) is 0. The summed E-state index contributed by atoms with van der Waals surface area (Å²) in [5.74, 6) is 1.81. The van der Waals surface area contributed by atoms with Crippen LogP contribution in [0.4, 0.5) is 0 Å². The largest absolute Gasteiger partial charge is 0.307 e. The van der Waals surface area contributed by atoms with Crippen LogP contribution in [-0.4, -0.2) is 19.5 Å². The molecule has 0 atom stereocenters. The predicted molar refractivity (Wildman–Crippen MR) is 214 cm³/mol. The second-order valence-electron chi connectivity index (χ2n) is 12.7. The smallest absolute Gasteiger partial charge is 0.164 e. The fourth-order valence-electron chi connectivity index (χ4n) is 7.24. The number of aromatic nitrogens is 4. The zero-order valence-electron chi connectivity index (χ0n) is 27.7. The van der Waals surface area contributed by atoms with Crippen LogP contribution in [0.3, 0.4) is 0 Å². The van der Waals surface area contributed by atoms with Gasteiger partial charge in [0.15, 0.2) is 17.5 Å². The Balaban J connectivity index is 1.27. The van der Waals surface area contributed by atoms with Gasteiger partial charge in [-0.2, -0.15) is 5.26 Å². The molecule has 0 aliphatic carbocycles. The van der Waals surface area contributed by atoms with Crippen molar-refractivity contribution < 1.29 is 0 Å². The van der Waals surface area contributed by atoms with E-state index in [0.717, 1.165) is 39.0 Å². The lowest BCUT2D eigenvalue weighted by molar-refractivity contribution is 1.07. The molecule has 3 heterocycles. The van der Waals surface area contributed by atoms with Crippen LogP contribution in [0.5, 0.6) is 0 Å². The van der Waals surface area contributed by atoms with Crippen molar-refractivity contribution in [1.82, 2.24) is 19.5 Å². The van der Waals surface area contributed by atoms with Crippen LogP contribution in [0.25, 0.3) is 93.0 Å². The van der Waals surface area contributed by atoms with Gasteiger partial charge in [0.05, 0.1) is 33.1 Å². The van der Waals surface area contributed by atoms with E-state index in [0.29, 0.717) is 23.0 Å². The lowest BCUT2D eigenvalue weighted by Gasteiger charge is -2.16. The minimum Gasteiger partial charge on any atom is -0.307 e. The molecule has 0 spiro atoms. The molecule has 242 valence electrons. The van der Waals surface area contributed by atoms with E-state index in [9.17, 15) is 5.26 Å². The molecule has 0 fully saturated rings. The zero-order valence-corrected chi connectivity index (χ0v) is 28.5. The summed E-state index contributed by atoms with van der Waals surface area (Å²) in [6.45, 7) is 0. The number of hydrogen-bond acceptors (Lipinski definition) is 5. The molecule has 0 amide bonds. The number of fused-ring (bicyclic) bond motifs is 7. The molecular formula is C46H27N5S. The van der Waals surface area contributed by atoms with Crippen molar-refractivity contribution in [2.75, 3.05) is 0 Å². The highest BCUT2D eigenvalue weighted by atomic mass is 32.1. The molecule has 10 aromatic rings. The monoisotopic (exact) mass is 681 g/mol. The Bertz CT molecular complexity index is 2950. The summed E-state index contributed by atoms with van der Waals surface area (Å²) in [7, 11) is 0. The van der Waals surface area contributed by atoms with Crippen molar-refractivity contribution in [3.8, 4) is 57.0 Å². The maximum atomic E-state index is 9.66. The maximum Gasteiger partial charge on any atom is 0.164 e. The van der Waals surface area contributed by atoms with E-state index in [4.69, 9.17) is 15.0 Å². The van der Waals surface area contributed by atoms with Crippen molar-refractivity contribution in [2.45, 2.75) is 0 Å². The highest BCUT2D eigenvalue weighted by Gasteiger charge is 2.21. The molecule has 0 aliphatic heterocycles. The van der Waals surface area contributed by atoms with E-state index in [1.54, 1.807) is 0 Å². The first-order valence-electron chi connectivity index (χ1n) is 17.1. The molecular weight excluding hydrogens is 655 g/mol. The van der Waals surface area contributed by atoms with Crippen molar-refractivity contribution in [2.24, 2.45) is 0 Å². The molecule has 0 aliphatic rings. The van der Waals surface area contributed by atoms with Gasteiger partial charge in [0, 0.05) is 48.5 Å². The lowest BCUT2D eigenvalue weighted by Crippen LogP contribution is -2.02. The zero-order chi connectivity index (χ0) is 34.6. The molecule has 0 N–H and O–H groups in total. The third kappa shape index (κ3) is 4.87. The van der Waals surface area contributed by atoms with Gasteiger partial charge in [-0.3, -0.25) is 0 Å². The summed E-state index contributed by atoms with van der Waals surface area (Å²) in [5, 5.41) is 14.6. The van der Waals surface area contributed by atoms with E-state index < -0.39 is 0 Å². The van der Waals surface area contributed by atoms with E-state index in [-0.39, 0.29) is 0 Å². The fraction of sp³-hybridized carbons (Fsp3) is 0. The van der Waals surface area contributed by atoms with Gasteiger partial charge < -0.3 is 4.57 Å². The van der Waals surface area contributed by atoms with Crippen molar-refractivity contribution >= 4 is 53.3 Å². The Kier molecular flexibility index (Phi) is 6.98. The standard InChI is InChI=1S/C46H27N5S/c47-28-29-19-21-30(22-20-29)38-27-33(46-49-44(31-11-3-1-4-12-31)48-45(50-46)32-13-5-2-6-14-32)23-26-40(38)51-39-17-9-7-15-34(39)36-24-25-37-35-16-8-10-18-41(35)52-43(37)42(36)51/h1-27H. The van der Waals surface area contributed by atoms with Crippen LogP contribution in [0, 0.1) is 11.3 Å². The molecule has 0 saturated carbocycles. The highest BCUT2D eigenvalue weighted by Crippen LogP contribution is 2.44. The average molecular weight is 682 g/mol. The van der Waals surface area contributed by atoms with Crippen molar-refractivity contribution in [3.05, 3.63) is 169 Å². The minimum absolute atomic E-state index is 0.586. The van der Waals surface area contributed by atoms with Gasteiger partial charge in [0.1, 0.15) is 0 Å². The van der Waals surface area contributed by atoms with Crippen LogP contribution < -0.4 is 0 Å². The van der Waals surface area contributed by atoms with Crippen LogP contribution in [0.15, 0.2) is 164 Å². The summed E-state index contributed by atoms with van der Waals surface area (Å²) in [6, 6.07) is 58.5. The van der Waals surface area contributed by atoms with E-state index in [1.807, 2.05) is 96.3 Å². The summed E-state index contributed by atoms with van der Waals surface area (Å²) in [4.78, 5) is 15.0. The van der Waals surface area contributed by atoms with Gasteiger partial charge in [-0.15, -0.1) is 11.3 Å². The molecule has 0 bridgehead atoms. The van der Waals surface area contributed by atoms with E-state index in [1.165, 1.54) is 36.5 Å². The molecule has 3 aromatic heterocycles. The maximum absolute atomic E-state index is 9.66. The molecule has 0 radical (unpaired) electrons. The number of rotatable bonds is 5. The Hall–Kier alpha value is -6.94.